The molecule has 1 aliphatic rings. The number of Topliss-reactive ketones (excluding diaryl/α,β-unsaturated/α-hetero) is 1. The van der Waals surface area contributed by atoms with Crippen molar-refractivity contribution in [2.24, 2.45) is 0 Å². The summed E-state index contributed by atoms with van der Waals surface area (Å²) in [4.78, 5) is 14.9. The van der Waals surface area contributed by atoms with Crippen LogP contribution in [0.5, 0.6) is 0 Å². The SMILES string of the molecule is C=CC[Si](C)(C1=C(CCCC)C(CCCC)=C([Si](C)(CC=C)c2ccccc2)C1=O)c1ccccc1. The number of carbonyl (C=O) groups is 1. The molecule has 0 radical (unpaired) electrons. The average molecular weight is 513 g/mol. The van der Waals surface area contributed by atoms with Gasteiger partial charge in [0.25, 0.3) is 0 Å². The van der Waals surface area contributed by atoms with Crippen molar-refractivity contribution in [3.05, 3.63) is 108 Å². The lowest BCUT2D eigenvalue weighted by atomic mass is 9.99. The van der Waals surface area contributed by atoms with Crippen molar-refractivity contribution in [1.82, 2.24) is 0 Å². The number of unbranched alkanes of at least 4 members (excludes halogenated alkanes) is 2. The molecule has 1 aliphatic carbocycles. The Morgan fingerprint density at radius 3 is 1.33 bits per heavy atom. The maximum absolute atomic E-state index is 14.9. The molecule has 3 rings (SSSR count). The predicted octanol–water partition coefficient (Wildman–Crippen LogP) is 7.96. The molecular weight excluding hydrogens is 469 g/mol. The van der Waals surface area contributed by atoms with Crippen LogP contribution in [0.2, 0.25) is 25.2 Å². The second kappa shape index (κ2) is 12.6. The largest absolute Gasteiger partial charge is 0.290 e. The summed E-state index contributed by atoms with van der Waals surface area (Å²) in [6.45, 7) is 17.6. The van der Waals surface area contributed by atoms with E-state index in [0.717, 1.165) is 50.6 Å². The van der Waals surface area contributed by atoms with Gasteiger partial charge in [0, 0.05) is 0 Å². The van der Waals surface area contributed by atoms with Gasteiger partial charge in [-0.15, -0.1) is 13.2 Å². The Hall–Kier alpha value is -2.50. The highest BCUT2D eigenvalue weighted by Crippen LogP contribution is 2.44. The summed E-state index contributed by atoms with van der Waals surface area (Å²) < 4.78 is 0. The van der Waals surface area contributed by atoms with Gasteiger partial charge in [-0.25, -0.2) is 0 Å². The first-order valence-electron chi connectivity index (χ1n) is 13.7. The number of rotatable bonds is 14. The van der Waals surface area contributed by atoms with E-state index in [0.29, 0.717) is 5.78 Å². The first-order valence-corrected chi connectivity index (χ1v) is 19.2. The van der Waals surface area contributed by atoms with Gasteiger partial charge in [0.2, 0.25) is 0 Å². The summed E-state index contributed by atoms with van der Waals surface area (Å²) in [6.07, 6.45) is 10.6. The zero-order chi connectivity index (χ0) is 26.2. The number of carbonyl (C=O) groups excluding carboxylic acids is 1. The van der Waals surface area contributed by atoms with Crippen molar-refractivity contribution in [3.8, 4) is 0 Å². The van der Waals surface area contributed by atoms with Crippen molar-refractivity contribution in [2.45, 2.75) is 77.6 Å². The van der Waals surface area contributed by atoms with Gasteiger partial charge in [0.1, 0.15) is 16.1 Å². The van der Waals surface area contributed by atoms with Crippen LogP contribution in [0.4, 0.5) is 0 Å². The molecule has 2 aromatic rings. The lowest BCUT2D eigenvalue weighted by Crippen LogP contribution is -2.52. The van der Waals surface area contributed by atoms with E-state index in [2.05, 4.69) is 113 Å². The van der Waals surface area contributed by atoms with Gasteiger partial charge in [-0.1, -0.05) is 123 Å². The van der Waals surface area contributed by atoms with Crippen LogP contribution in [0.15, 0.2) is 108 Å². The Balaban J connectivity index is 2.34. The fourth-order valence-electron chi connectivity index (χ4n) is 6.04. The lowest BCUT2D eigenvalue weighted by molar-refractivity contribution is -0.111. The van der Waals surface area contributed by atoms with Crippen molar-refractivity contribution < 1.29 is 4.79 Å². The highest BCUT2D eigenvalue weighted by molar-refractivity contribution is 7.05. The van der Waals surface area contributed by atoms with Gasteiger partial charge in [-0.2, -0.15) is 0 Å². The minimum Gasteiger partial charge on any atom is -0.290 e. The number of hydrogen-bond donors (Lipinski definition) is 0. The molecule has 0 bridgehead atoms. The standard InChI is InChI=1S/C33H44OSi2/c1-7-11-23-29-30(24-12-8-2)33(36(6,26-10-4)28-21-17-14-18-22-28)31(34)32(29)35(5,25-9-3)27-19-15-13-16-20-27/h9-10,13-22H,3-4,7-8,11-12,23-26H2,1-2,5-6H3. The van der Waals surface area contributed by atoms with Crippen LogP contribution in [0, 0.1) is 0 Å². The van der Waals surface area contributed by atoms with Crippen LogP contribution < -0.4 is 10.4 Å². The number of benzene rings is 2. The van der Waals surface area contributed by atoms with Crippen molar-refractivity contribution in [2.75, 3.05) is 0 Å². The van der Waals surface area contributed by atoms with Crippen LogP contribution >= 0.6 is 0 Å². The molecule has 0 N–H and O–H groups in total. The minimum absolute atomic E-state index is 0.354. The number of hydrogen-bond acceptors (Lipinski definition) is 1. The first-order chi connectivity index (χ1) is 17.4. The number of allylic oxidation sites excluding steroid dienone is 6. The second-order valence-corrected chi connectivity index (χ2v) is 18.9. The summed E-state index contributed by atoms with van der Waals surface area (Å²) >= 11 is 0. The van der Waals surface area contributed by atoms with Gasteiger partial charge in [0.05, 0.1) is 0 Å². The normalized spacial score (nSPS) is 17.2. The molecule has 0 aliphatic heterocycles. The van der Waals surface area contributed by atoms with Crippen LogP contribution in [0.1, 0.15) is 52.4 Å². The van der Waals surface area contributed by atoms with E-state index in [1.54, 1.807) is 0 Å². The zero-order valence-electron chi connectivity index (χ0n) is 22.9. The van der Waals surface area contributed by atoms with Gasteiger partial charge in [-0.3, -0.25) is 4.79 Å². The third-order valence-corrected chi connectivity index (χ3v) is 16.7. The quantitative estimate of drug-likeness (QED) is 0.185. The smallest absolute Gasteiger partial charge is 0.178 e. The van der Waals surface area contributed by atoms with Crippen LogP contribution in [-0.2, 0) is 4.79 Å². The lowest BCUT2D eigenvalue weighted by Gasteiger charge is -2.32. The van der Waals surface area contributed by atoms with E-state index in [1.807, 2.05) is 0 Å². The molecule has 2 aromatic carbocycles. The van der Waals surface area contributed by atoms with E-state index < -0.39 is 16.1 Å². The molecule has 190 valence electrons. The maximum Gasteiger partial charge on any atom is 0.178 e. The van der Waals surface area contributed by atoms with E-state index in [-0.39, 0.29) is 0 Å². The molecule has 0 saturated heterocycles. The Labute approximate surface area is 221 Å². The summed E-state index contributed by atoms with van der Waals surface area (Å²) in [5, 5.41) is 5.01. The Bertz CT molecular complexity index is 1040. The van der Waals surface area contributed by atoms with E-state index >= 15 is 0 Å². The Kier molecular flexibility index (Phi) is 9.87. The molecule has 0 spiro atoms. The van der Waals surface area contributed by atoms with E-state index in [1.165, 1.54) is 31.9 Å². The van der Waals surface area contributed by atoms with Crippen molar-refractivity contribution in [1.29, 1.82) is 0 Å². The zero-order valence-corrected chi connectivity index (χ0v) is 24.9. The fourth-order valence-corrected chi connectivity index (χ4v) is 13.8. The molecule has 2 atom stereocenters. The molecule has 0 aromatic heterocycles. The maximum atomic E-state index is 14.9. The minimum atomic E-state index is -2.33. The van der Waals surface area contributed by atoms with Gasteiger partial charge in [0.15, 0.2) is 5.78 Å². The van der Waals surface area contributed by atoms with Crippen molar-refractivity contribution in [3.63, 3.8) is 0 Å². The van der Waals surface area contributed by atoms with Gasteiger partial charge < -0.3 is 0 Å². The topological polar surface area (TPSA) is 17.1 Å². The Morgan fingerprint density at radius 2 is 1.03 bits per heavy atom. The number of ketones is 1. The molecule has 3 heteroatoms. The first kappa shape index (κ1) is 28.1. The molecular formula is C33H44OSi2. The fraction of sp³-hybridized carbons (Fsp3) is 0.364. The third kappa shape index (κ3) is 5.43. The molecule has 0 amide bonds. The highest BCUT2D eigenvalue weighted by atomic mass is 28.3. The van der Waals surface area contributed by atoms with Crippen LogP contribution in [-0.4, -0.2) is 21.9 Å². The molecule has 0 heterocycles. The summed E-state index contributed by atoms with van der Waals surface area (Å²) in [5.41, 5.74) is 2.78. The summed E-state index contributed by atoms with van der Waals surface area (Å²) in [7, 11) is -4.65. The third-order valence-electron chi connectivity index (χ3n) is 8.01. The average Bonchev–Trinajstić information content (AvgIpc) is 3.19. The highest BCUT2D eigenvalue weighted by Gasteiger charge is 2.49. The Morgan fingerprint density at radius 1 is 0.667 bits per heavy atom. The molecule has 0 fully saturated rings. The second-order valence-electron chi connectivity index (χ2n) is 10.6. The monoisotopic (exact) mass is 512 g/mol. The van der Waals surface area contributed by atoms with E-state index in [9.17, 15) is 4.79 Å². The van der Waals surface area contributed by atoms with Gasteiger partial charge >= 0.3 is 0 Å². The molecule has 1 nitrogen and oxygen atoms in total. The summed E-state index contributed by atoms with van der Waals surface area (Å²) in [6, 6.07) is 23.4. The van der Waals surface area contributed by atoms with Crippen molar-refractivity contribution >= 4 is 32.3 Å². The van der Waals surface area contributed by atoms with Gasteiger partial charge in [-0.05, 0) is 59.3 Å². The predicted molar refractivity (Wildman–Crippen MR) is 164 cm³/mol. The van der Waals surface area contributed by atoms with Crippen LogP contribution in [0.3, 0.4) is 0 Å². The summed E-state index contributed by atoms with van der Waals surface area (Å²) in [5.74, 6) is 0.354. The molecule has 2 unspecified atom stereocenters. The van der Waals surface area contributed by atoms with Crippen LogP contribution in [0.25, 0.3) is 0 Å². The molecule has 36 heavy (non-hydrogen) atoms. The van der Waals surface area contributed by atoms with E-state index in [4.69, 9.17) is 0 Å². The molecule has 0 saturated carbocycles.